The second-order valence-electron chi connectivity index (χ2n) is 2.40. The van der Waals surface area contributed by atoms with Gasteiger partial charge in [-0.1, -0.05) is 6.08 Å². The van der Waals surface area contributed by atoms with Crippen LogP contribution >= 0.6 is 43.2 Å². The summed E-state index contributed by atoms with van der Waals surface area (Å²) in [5, 5.41) is 0. The summed E-state index contributed by atoms with van der Waals surface area (Å²) in [7, 11) is 0. The van der Waals surface area contributed by atoms with E-state index in [1.54, 1.807) is 11.3 Å². The van der Waals surface area contributed by atoms with Gasteiger partial charge in [0.15, 0.2) is 0 Å². The van der Waals surface area contributed by atoms with Crippen LogP contribution in [-0.2, 0) is 0 Å². The zero-order valence-electron chi connectivity index (χ0n) is 6.39. The van der Waals surface area contributed by atoms with Crippen molar-refractivity contribution in [2.75, 3.05) is 0 Å². The van der Waals surface area contributed by atoms with Crippen LogP contribution in [0.1, 0.15) is 17.3 Å². The molecule has 0 amide bonds. The van der Waals surface area contributed by atoms with E-state index in [2.05, 4.69) is 38.4 Å². The summed E-state index contributed by atoms with van der Waals surface area (Å²) < 4.78 is 2.17. The lowest BCUT2D eigenvalue weighted by Gasteiger charge is -2.03. The Labute approximate surface area is 92.9 Å². The summed E-state index contributed by atoms with van der Waals surface area (Å²) in [5.74, 6) is 0. The van der Waals surface area contributed by atoms with Crippen molar-refractivity contribution < 1.29 is 0 Å². The van der Waals surface area contributed by atoms with Crippen molar-refractivity contribution >= 4 is 43.2 Å². The van der Waals surface area contributed by atoms with Crippen LogP contribution in [0.3, 0.4) is 0 Å². The molecule has 0 unspecified atom stereocenters. The number of nitrogens with two attached hydrogens (primary N) is 1. The zero-order valence-corrected chi connectivity index (χ0v) is 10.4. The van der Waals surface area contributed by atoms with Crippen molar-refractivity contribution in [1.82, 2.24) is 0 Å². The van der Waals surface area contributed by atoms with Crippen LogP contribution in [0.15, 0.2) is 27.0 Å². The number of thiophene rings is 1. The van der Waals surface area contributed by atoms with Gasteiger partial charge in [-0.3, -0.25) is 0 Å². The predicted octanol–water partition coefficient (Wildman–Crippen LogP) is 3.85. The van der Waals surface area contributed by atoms with Gasteiger partial charge < -0.3 is 5.73 Å². The third-order valence-electron chi connectivity index (χ3n) is 1.45. The number of halogens is 2. The molecule has 0 saturated heterocycles. The molecule has 0 bridgehead atoms. The van der Waals surface area contributed by atoms with Crippen molar-refractivity contribution in [2.24, 2.45) is 5.73 Å². The minimum Gasteiger partial charge on any atom is -0.323 e. The van der Waals surface area contributed by atoms with Crippen molar-refractivity contribution in [3.05, 3.63) is 31.9 Å². The molecule has 0 aromatic carbocycles. The van der Waals surface area contributed by atoms with Crippen LogP contribution in [0, 0.1) is 0 Å². The molecule has 4 heteroatoms. The molecule has 0 radical (unpaired) electrons. The normalized spacial score (nSPS) is 12.9. The van der Waals surface area contributed by atoms with Crippen LogP contribution in [0.5, 0.6) is 0 Å². The van der Waals surface area contributed by atoms with E-state index in [1.165, 1.54) is 4.88 Å². The molecule has 66 valence electrons. The highest BCUT2D eigenvalue weighted by molar-refractivity contribution is 9.13. The molecule has 1 aromatic heterocycles. The maximum absolute atomic E-state index is 5.89. The summed E-state index contributed by atoms with van der Waals surface area (Å²) >= 11 is 8.50. The number of rotatable bonds is 3. The van der Waals surface area contributed by atoms with E-state index in [0.717, 1.165) is 14.7 Å². The van der Waals surface area contributed by atoms with Gasteiger partial charge in [-0.15, -0.1) is 17.9 Å². The van der Waals surface area contributed by atoms with E-state index in [4.69, 9.17) is 5.73 Å². The van der Waals surface area contributed by atoms with Crippen LogP contribution in [0.25, 0.3) is 0 Å². The number of hydrogen-bond acceptors (Lipinski definition) is 2. The Bertz CT molecular complexity index is 263. The van der Waals surface area contributed by atoms with Gasteiger partial charge in [-0.2, -0.15) is 0 Å². The van der Waals surface area contributed by atoms with E-state index in [1.807, 2.05) is 12.1 Å². The average Bonchev–Trinajstić information content (AvgIpc) is 2.33. The lowest BCUT2D eigenvalue weighted by Crippen LogP contribution is -2.06. The molecule has 1 atom stereocenters. The zero-order chi connectivity index (χ0) is 9.14. The maximum Gasteiger partial charge on any atom is 0.0843 e. The fourth-order valence-corrected chi connectivity index (χ4v) is 2.95. The van der Waals surface area contributed by atoms with E-state index in [-0.39, 0.29) is 6.04 Å². The third-order valence-corrected chi connectivity index (χ3v) is 4.84. The molecule has 0 aliphatic carbocycles. The van der Waals surface area contributed by atoms with Crippen LogP contribution in [0.2, 0.25) is 0 Å². The molecule has 1 heterocycles. The summed E-state index contributed by atoms with van der Waals surface area (Å²) in [6, 6.07) is 2.12. The largest absolute Gasteiger partial charge is 0.323 e. The first-order valence-electron chi connectivity index (χ1n) is 3.46. The van der Waals surface area contributed by atoms with Gasteiger partial charge >= 0.3 is 0 Å². The molecule has 1 nitrogen and oxygen atoms in total. The molecule has 0 spiro atoms. The molecule has 0 aliphatic heterocycles. The standard InChI is InChI=1S/C8H9Br2NS/c1-2-3-6(11)7-4-5(9)8(10)12-7/h2,4,6H,1,3,11H2/t6-/m1/s1. The summed E-state index contributed by atoms with van der Waals surface area (Å²) in [5.41, 5.74) is 5.89. The molecule has 0 aliphatic rings. The molecule has 2 N–H and O–H groups in total. The molecular weight excluding hydrogens is 302 g/mol. The second-order valence-corrected chi connectivity index (χ2v) is 5.66. The van der Waals surface area contributed by atoms with Gasteiger partial charge in [-0.05, 0) is 44.3 Å². The smallest absolute Gasteiger partial charge is 0.0843 e. The molecule has 0 saturated carbocycles. The molecule has 1 aromatic rings. The highest BCUT2D eigenvalue weighted by Crippen LogP contribution is 2.35. The van der Waals surface area contributed by atoms with Crippen LogP contribution in [0.4, 0.5) is 0 Å². The highest BCUT2D eigenvalue weighted by Gasteiger charge is 2.09. The topological polar surface area (TPSA) is 26.0 Å². The molecule has 1 rings (SSSR count). The second kappa shape index (κ2) is 4.56. The van der Waals surface area contributed by atoms with Crippen molar-refractivity contribution in [1.29, 1.82) is 0 Å². The summed E-state index contributed by atoms with van der Waals surface area (Å²) in [6.45, 7) is 3.66. The van der Waals surface area contributed by atoms with E-state index >= 15 is 0 Å². The van der Waals surface area contributed by atoms with Crippen molar-refractivity contribution in [3.63, 3.8) is 0 Å². The molecule has 0 fully saturated rings. The lowest BCUT2D eigenvalue weighted by atomic mass is 10.2. The SMILES string of the molecule is C=CC[C@@H](N)c1cc(Br)c(Br)s1. The quantitative estimate of drug-likeness (QED) is 0.843. The number of hydrogen-bond donors (Lipinski definition) is 1. The third kappa shape index (κ3) is 2.42. The maximum atomic E-state index is 5.89. The highest BCUT2D eigenvalue weighted by atomic mass is 79.9. The van der Waals surface area contributed by atoms with Crippen molar-refractivity contribution in [2.45, 2.75) is 12.5 Å². The minimum atomic E-state index is 0.0788. The van der Waals surface area contributed by atoms with E-state index < -0.39 is 0 Å². The monoisotopic (exact) mass is 309 g/mol. The lowest BCUT2D eigenvalue weighted by molar-refractivity contribution is 0.757. The summed E-state index contributed by atoms with van der Waals surface area (Å²) in [4.78, 5) is 1.17. The summed E-state index contributed by atoms with van der Waals surface area (Å²) in [6.07, 6.45) is 2.66. The first-order chi connectivity index (χ1) is 5.65. The molecular formula is C8H9Br2NS. The van der Waals surface area contributed by atoms with Gasteiger partial charge in [0.05, 0.1) is 3.79 Å². The van der Waals surface area contributed by atoms with Gasteiger partial charge in [0, 0.05) is 15.4 Å². The van der Waals surface area contributed by atoms with E-state index in [0.29, 0.717) is 0 Å². The average molecular weight is 311 g/mol. The van der Waals surface area contributed by atoms with Crippen LogP contribution < -0.4 is 5.73 Å². The van der Waals surface area contributed by atoms with E-state index in [9.17, 15) is 0 Å². The Morgan fingerprint density at radius 3 is 2.75 bits per heavy atom. The Morgan fingerprint density at radius 2 is 2.33 bits per heavy atom. The van der Waals surface area contributed by atoms with Gasteiger partial charge in [0.25, 0.3) is 0 Å². The molecule has 12 heavy (non-hydrogen) atoms. The van der Waals surface area contributed by atoms with Crippen LogP contribution in [-0.4, -0.2) is 0 Å². The fourth-order valence-electron chi connectivity index (χ4n) is 0.842. The Kier molecular flexibility index (Phi) is 3.96. The predicted molar refractivity (Wildman–Crippen MR) is 61.5 cm³/mol. The minimum absolute atomic E-state index is 0.0788. The Hall–Kier alpha value is 0.360. The van der Waals surface area contributed by atoms with Gasteiger partial charge in [0.2, 0.25) is 0 Å². The fraction of sp³-hybridized carbons (Fsp3) is 0.250. The Morgan fingerprint density at radius 1 is 1.67 bits per heavy atom. The van der Waals surface area contributed by atoms with Crippen molar-refractivity contribution in [3.8, 4) is 0 Å². The van der Waals surface area contributed by atoms with Gasteiger partial charge in [0.1, 0.15) is 0 Å². The van der Waals surface area contributed by atoms with Gasteiger partial charge in [-0.25, -0.2) is 0 Å². The first kappa shape index (κ1) is 10.4. The first-order valence-corrected chi connectivity index (χ1v) is 5.86. The Balaban J connectivity index is 2.80.